The number of nitrogens with one attached hydrogen (secondary N) is 1. The van der Waals surface area contributed by atoms with E-state index in [0.29, 0.717) is 17.4 Å². The molecule has 0 aliphatic rings. The fourth-order valence-electron chi connectivity index (χ4n) is 7.81. The summed E-state index contributed by atoms with van der Waals surface area (Å²) in [4.78, 5) is 37.4. The van der Waals surface area contributed by atoms with Gasteiger partial charge in [0.05, 0.1) is 33.8 Å². The molecule has 0 aromatic carbocycles. The average Bonchev–Trinajstić information content (AvgIpc) is 3.26. The fourth-order valence-corrected chi connectivity index (χ4v) is 8.55. The number of ether oxygens (including phenoxy) is 1. The van der Waals surface area contributed by atoms with Crippen molar-refractivity contribution in [2.24, 2.45) is 0 Å². The molecule has 0 bridgehead atoms. The molecule has 10 heteroatoms. The Hall–Kier alpha value is -1.77. The molecule has 0 aromatic heterocycles. The highest BCUT2D eigenvalue weighted by atomic mass is 31.2. The number of hydrogen-bond donors (Lipinski definition) is 2. The Balaban J connectivity index is 5.42. The van der Waals surface area contributed by atoms with Crippen molar-refractivity contribution in [3.05, 3.63) is 36.5 Å². The molecule has 0 heterocycles. The zero-order chi connectivity index (χ0) is 48.0. The van der Waals surface area contributed by atoms with E-state index >= 15 is 0 Å². The van der Waals surface area contributed by atoms with Crippen molar-refractivity contribution in [1.82, 2.24) is 5.32 Å². The zero-order valence-electron chi connectivity index (χ0n) is 43.5. The number of carbonyl (C=O) groups excluding carboxylic acids is 2. The maximum atomic E-state index is 13.4. The summed E-state index contributed by atoms with van der Waals surface area (Å²) >= 11 is 0. The van der Waals surface area contributed by atoms with Crippen LogP contribution in [0.5, 0.6) is 0 Å². The molecule has 0 saturated heterocycles. The van der Waals surface area contributed by atoms with Crippen LogP contribution < -0.4 is 5.32 Å². The Bertz CT molecular complexity index is 1220. The number of amides is 1. The third-order valence-corrected chi connectivity index (χ3v) is 13.1. The number of quaternary nitrogens is 1. The van der Waals surface area contributed by atoms with Crippen molar-refractivity contribution < 1.29 is 37.3 Å². The van der Waals surface area contributed by atoms with Gasteiger partial charge in [0, 0.05) is 12.8 Å². The number of likely N-dealkylation sites (N-methyl/N-ethyl adjacent to an activating group) is 1. The van der Waals surface area contributed by atoms with Crippen LogP contribution in [0, 0.1) is 0 Å². The van der Waals surface area contributed by atoms with Crippen LogP contribution in [0.15, 0.2) is 36.5 Å². The summed E-state index contributed by atoms with van der Waals surface area (Å²) in [5, 5.41) is 3.00. The molecule has 1 amide bonds. The molecular weight excluding hydrogens is 832 g/mol. The number of unbranched alkanes of at least 4 members (excludes halogenated alkanes) is 29. The third-order valence-electron chi connectivity index (χ3n) is 12.1. The van der Waals surface area contributed by atoms with Gasteiger partial charge in [0.25, 0.3) is 0 Å². The second-order valence-corrected chi connectivity index (χ2v) is 21.2. The molecule has 0 rings (SSSR count). The number of hydrogen-bond acceptors (Lipinski definition) is 6. The molecule has 0 spiro atoms. The largest absolute Gasteiger partial charge is 0.472 e. The van der Waals surface area contributed by atoms with Crippen LogP contribution in [0.25, 0.3) is 0 Å². The van der Waals surface area contributed by atoms with E-state index in [1.807, 2.05) is 39.4 Å². The molecule has 9 nitrogen and oxygen atoms in total. The summed E-state index contributed by atoms with van der Waals surface area (Å²) < 4.78 is 30.5. The highest BCUT2D eigenvalue weighted by Crippen LogP contribution is 2.43. The van der Waals surface area contributed by atoms with Gasteiger partial charge in [-0.2, -0.15) is 0 Å². The summed E-state index contributed by atoms with van der Waals surface area (Å²) in [6.45, 7) is 6.96. The first-order chi connectivity index (χ1) is 31.4. The van der Waals surface area contributed by atoms with Crippen molar-refractivity contribution in [3.8, 4) is 0 Å². The van der Waals surface area contributed by atoms with Crippen LogP contribution in [-0.2, 0) is 27.9 Å². The van der Waals surface area contributed by atoms with E-state index in [2.05, 4.69) is 44.3 Å². The zero-order valence-corrected chi connectivity index (χ0v) is 44.4. The summed E-state index contributed by atoms with van der Waals surface area (Å²) in [5.41, 5.74) is 0. The fraction of sp³-hybridized carbons (Fsp3) is 0.855. The quantitative estimate of drug-likeness (QED) is 0.0205. The second kappa shape index (κ2) is 46.0. The van der Waals surface area contributed by atoms with Gasteiger partial charge in [0.2, 0.25) is 5.91 Å². The van der Waals surface area contributed by atoms with Crippen LogP contribution in [0.3, 0.4) is 0 Å². The molecule has 0 aliphatic heterocycles. The van der Waals surface area contributed by atoms with Crippen LogP contribution >= 0.6 is 7.82 Å². The van der Waals surface area contributed by atoms with Gasteiger partial charge in [0.15, 0.2) is 0 Å². The maximum Gasteiger partial charge on any atom is 0.472 e. The number of nitrogens with zero attached hydrogens (tertiary/aromatic N) is 1. The lowest BCUT2D eigenvalue weighted by Crippen LogP contribution is -2.47. The highest BCUT2D eigenvalue weighted by Gasteiger charge is 2.30. The van der Waals surface area contributed by atoms with E-state index < -0.39 is 20.0 Å². The minimum Gasteiger partial charge on any atom is -0.456 e. The summed E-state index contributed by atoms with van der Waals surface area (Å²) in [6, 6.07) is -0.872. The van der Waals surface area contributed by atoms with Gasteiger partial charge in [0.1, 0.15) is 19.3 Å². The normalized spacial score (nSPS) is 14.1. The molecule has 0 aromatic rings. The summed E-state index contributed by atoms with van der Waals surface area (Å²) in [7, 11) is 1.47. The number of phosphoric acid groups is 1. The number of esters is 1. The van der Waals surface area contributed by atoms with Crippen LogP contribution in [-0.4, -0.2) is 74.3 Å². The Labute approximate surface area is 402 Å². The molecule has 2 N–H and O–H groups in total. The van der Waals surface area contributed by atoms with Crippen LogP contribution in [0.4, 0.5) is 0 Å². The van der Waals surface area contributed by atoms with Gasteiger partial charge in [-0.15, -0.1) is 0 Å². The second-order valence-electron chi connectivity index (χ2n) is 19.8. The first-order valence-electron chi connectivity index (χ1n) is 27.3. The predicted octanol–water partition coefficient (Wildman–Crippen LogP) is 16.0. The van der Waals surface area contributed by atoms with E-state index in [1.54, 1.807) is 0 Å². The number of phosphoric ester groups is 1. The molecule has 3 unspecified atom stereocenters. The smallest absolute Gasteiger partial charge is 0.456 e. The average molecular weight is 938 g/mol. The van der Waals surface area contributed by atoms with Crippen LogP contribution in [0.1, 0.15) is 252 Å². The monoisotopic (exact) mass is 938 g/mol. The Morgan fingerprint density at radius 2 is 0.954 bits per heavy atom. The molecule has 0 fully saturated rings. The minimum atomic E-state index is -4.45. The molecule has 0 saturated carbocycles. The predicted molar refractivity (Wildman–Crippen MR) is 277 cm³/mol. The van der Waals surface area contributed by atoms with Crippen LogP contribution in [0.2, 0.25) is 0 Å². The topological polar surface area (TPSA) is 111 Å². The standard InChI is InChI=1S/C55H105N2O7P/c1-7-10-13-16-19-22-25-27-28-30-33-36-39-42-45-48-55(59)64-53(46-43-40-37-34-31-24-21-18-15-12-9-3)52(51-63-65(60,61)62-50-49-57(4,5)6)56-54(58)47-44-41-38-35-32-29-26-23-20-17-14-11-8-2/h29,32,38,41,43,46,52-53H,7-28,30-31,33-37,39-40,42,44-45,47-51H2,1-6H3,(H-,56,58,60,61)/p+1/b32-29-,41-38+,46-43+. The van der Waals surface area contributed by atoms with Gasteiger partial charge in [-0.25, -0.2) is 4.57 Å². The van der Waals surface area contributed by atoms with E-state index in [1.165, 1.54) is 161 Å². The third kappa shape index (κ3) is 47.1. The Morgan fingerprint density at radius 3 is 1.42 bits per heavy atom. The molecule has 0 aliphatic carbocycles. The molecule has 65 heavy (non-hydrogen) atoms. The SMILES string of the molecule is CCCCCCCC/C=C\C/C=C/CCC(=O)NC(COP(=O)(O)OCC[N+](C)(C)C)C(/C=C/CCCCCCCCCCC)OC(=O)CCCCCCCCCCCCCCCCC. The number of allylic oxidation sites excluding steroid dienone is 5. The van der Waals surface area contributed by atoms with Gasteiger partial charge in [-0.3, -0.25) is 18.6 Å². The molecule has 382 valence electrons. The first kappa shape index (κ1) is 63.2. The first-order valence-corrected chi connectivity index (χ1v) is 28.8. The van der Waals surface area contributed by atoms with Crippen molar-refractivity contribution in [1.29, 1.82) is 0 Å². The van der Waals surface area contributed by atoms with Gasteiger partial charge < -0.3 is 19.4 Å². The summed E-state index contributed by atoms with van der Waals surface area (Å²) in [6.07, 6.45) is 53.0. The maximum absolute atomic E-state index is 13.4. The molecule has 3 atom stereocenters. The lowest BCUT2D eigenvalue weighted by Gasteiger charge is -2.27. The van der Waals surface area contributed by atoms with Crippen molar-refractivity contribution in [2.45, 2.75) is 264 Å². The van der Waals surface area contributed by atoms with Crippen molar-refractivity contribution >= 4 is 19.7 Å². The van der Waals surface area contributed by atoms with E-state index in [9.17, 15) is 19.0 Å². The van der Waals surface area contributed by atoms with Gasteiger partial charge in [-0.1, -0.05) is 225 Å². The lowest BCUT2D eigenvalue weighted by molar-refractivity contribution is -0.870. The van der Waals surface area contributed by atoms with Gasteiger partial charge in [-0.05, 0) is 51.0 Å². The number of rotatable bonds is 49. The van der Waals surface area contributed by atoms with Crippen molar-refractivity contribution in [3.63, 3.8) is 0 Å². The Kier molecular flexibility index (Phi) is 44.7. The minimum absolute atomic E-state index is 0.0329. The number of carbonyl (C=O) groups is 2. The van der Waals surface area contributed by atoms with E-state index in [0.717, 1.165) is 51.4 Å². The lowest BCUT2D eigenvalue weighted by atomic mass is 10.0. The summed E-state index contributed by atoms with van der Waals surface area (Å²) in [5.74, 6) is -0.577. The highest BCUT2D eigenvalue weighted by molar-refractivity contribution is 7.47. The van der Waals surface area contributed by atoms with E-state index in [4.69, 9.17) is 13.8 Å². The molecule has 0 radical (unpaired) electrons. The van der Waals surface area contributed by atoms with Crippen molar-refractivity contribution in [2.75, 3.05) is 40.9 Å². The Morgan fingerprint density at radius 1 is 0.538 bits per heavy atom. The molecular formula is C55H106N2O7P+. The van der Waals surface area contributed by atoms with E-state index in [-0.39, 0.29) is 37.9 Å². The van der Waals surface area contributed by atoms with Gasteiger partial charge >= 0.3 is 13.8 Å².